The molecule has 0 spiro atoms. The highest BCUT2D eigenvalue weighted by Gasteiger charge is 2.21. The van der Waals surface area contributed by atoms with Crippen molar-refractivity contribution in [2.24, 2.45) is 5.73 Å². The van der Waals surface area contributed by atoms with E-state index in [2.05, 4.69) is 63.3 Å². The van der Waals surface area contributed by atoms with Crippen LogP contribution in [-0.2, 0) is 6.42 Å². The van der Waals surface area contributed by atoms with Gasteiger partial charge in [-0.3, -0.25) is 0 Å². The monoisotopic (exact) mass is 466 g/mol. The van der Waals surface area contributed by atoms with Crippen molar-refractivity contribution in [3.8, 4) is 22.8 Å². The van der Waals surface area contributed by atoms with Gasteiger partial charge in [0, 0.05) is 55.2 Å². The summed E-state index contributed by atoms with van der Waals surface area (Å²) < 4.78 is 5.60. The molecule has 178 valence electrons. The number of pyridine rings is 1. The fourth-order valence-corrected chi connectivity index (χ4v) is 5.17. The fourth-order valence-electron chi connectivity index (χ4n) is 5.17. The molecule has 1 atom stereocenters. The minimum atomic E-state index is 0.126. The van der Waals surface area contributed by atoms with E-state index in [1.54, 1.807) is 0 Å². The van der Waals surface area contributed by atoms with Crippen LogP contribution in [0.2, 0.25) is 0 Å². The van der Waals surface area contributed by atoms with Gasteiger partial charge >= 0.3 is 0 Å². The number of nitrogens with zero attached hydrogens (tertiary/aromatic N) is 5. The molecule has 35 heavy (non-hydrogen) atoms. The molecule has 7 heteroatoms. The third kappa shape index (κ3) is 4.39. The molecule has 1 unspecified atom stereocenters. The molecular formula is C28H30N6O. The lowest BCUT2D eigenvalue weighted by Crippen LogP contribution is -2.46. The molecule has 7 nitrogen and oxygen atoms in total. The number of anilines is 2. The van der Waals surface area contributed by atoms with Crippen LogP contribution < -0.4 is 15.5 Å². The third-order valence-electron chi connectivity index (χ3n) is 7.15. The van der Waals surface area contributed by atoms with E-state index in [0.29, 0.717) is 11.7 Å². The van der Waals surface area contributed by atoms with Crippen molar-refractivity contribution in [3.63, 3.8) is 0 Å². The first kappa shape index (κ1) is 21.8. The first-order valence-corrected chi connectivity index (χ1v) is 12.4. The first-order chi connectivity index (χ1) is 17.1. The molecule has 0 radical (unpaired) electrons. The number of nitrogens with two attached hydrogens (primary N) is 1. The van der Waals surface area contributed by atoms with Gasteiger partial charge in [-0.2, -0.15) is 4.98 Å². The Morgan fingerprint density at radius 2 is 1.77 bits per heavy atom. The minimum Gasteiger partial charge on any atom is -0.368 e. The Morgan fingerprint density at radius 1 is 0.943 bits per heavy atom. The number of piperazine rings is 1. The molecule has 2 aliphatic rings. The van der Waals surface area contributed by atoms with E-state index in [0.717, 1.165) is 62.4 Å². The molecule has 0 amide bonds. The van der Waals surface area contributed by atoms with Gasteiger partial charge in [-0.15, -0.1) is 0 Å². The summed E-state index contributed by atoms with van der Waals surface area (Å²) in [6.07, 6.45) is 5.04. The van der Waals surface area contributed by atoms with Gasteiger partial charge in [-0.25, -0.2) is 4.98 Å². The normalized spacial score (nSPS) is 17.9. The SMILES string of the molecule is Cc1cccc(N2CCN(c3ccc(-c4noc(-c5ccc6c(c5)CCCC6N)n4)cn3)CC2)c1. The number of hydrogen-bond donors (Lipinski definition) is 1. The van der Waals surface area contributed by atoms with Crippen LogP contribution in [0.4, 0.5) is 11.5 Å². The summed E-state index contributed by atoms with van der Waals surface area (Å²) in [5.41, 5.74) is 13.2. The molecular weight excluding hydrogens is 436 g/mol. The van der Waals surface area contributed by atoms with E-state index in [4.69, 9.17) is 15.2 Å². The van der Waals surface area contributed by atoms with Gasteiger partial charge in [0.15, 0.2) is 0 Å². The number of fused-ring (bicyclic) bond motifs is 1. The van der Waals surface area contributed by atoms with Gasteiger partial charge in [0.25, 0.3) is 5.89 Å². The Bertz CT molecular complexity index is 1320. The molecule has 1 aliphatic carbocycles. The fraction of sp³-hybridized carbons (Fsp3) is 0.321. The van der Waals surface area contributed by atoms with Crippen molar-refractivity contribution in [2.75, 3.05) is 36.0 Å². The minimum absolute atomic E-state index is 0.126. The second-order valence-corrected chi connectivity index (χ2v) is 9.55. The third-order valence-corrected chi connectivity index (χ3v) is 7.15. The Kier molecular flexibility index (Phi) is 5.70. The van der Waals surface area contributed by atoms with Crippen LogP contribution in [0.3, 0.4) is 0 Å². The van der Waals surface area contributed by atoms with Crippen LogP contribution >= 0.6 is 0 Å². The van der Waals surface area contributed by atoms with Crippen molar-refractivity contribution in [3.05, 3.63) is 77.5 Å². The second-order valence-electron chi connectivity index (χ2n) is 9.55. The maximum Gasteiger partial charge on any atom is 0.258 e. The summed E-state index contributed by atoms with van der Waals surface area (Å²) in [4.78, 5) is 14.1. The molecule has 4 aromatic rings. The van der Waals surface area contributed by atoms with Crippen LogP contribution in [0.15, 0.2) is 65.3 Å². The summed E-state index contributed by atoms with van der Waals surface area (Å²) in [5.74, 6) is 2.06. The maximum atomic E-state index is 6.26. The quantitative estimate of drug-likeness (QED) is 0.464. The standard InChI is InChI=1S/C28H30N6O/c1-19-4-2-6-23(16-19)33-12-14-34(15-13-33)26-11-9-22(18-30-26)27-31-28(35-32-27)21-8-10-24-20(17-21)5-3-7-25(24)29/h2,4,6,8-11,16-18,25H,3,5,7,12-15,29H2,1H3. The largest absolute Gasteiger partial charge is 0.368 e. The van der Waals surface area contributed by atoms with Crippen LogP contribution in [0.25, 0.3) is 22.8 Å². The van der Waals surface area contributed by atoms with Gasteiger partial charge in [0.2, 0.25) is 5.82 Å². The van der Waals surface area contributed by atoms with Gasteiger partial charge in [-0.1, -0.05) is 23.4 Å². The summed E-state index contributed by atoms with van der Waals surface area (Å²) in [7, 11) is 0. The Morgan fingerprint density at radius 3 is 2.57 bits per heavy atom. The van der Waals surface area contributed by atoms with Gasteiger partial charge in [0.05, 0.1) is 0 Å². The Hall–Kier alpha value is -3.71. The zero-order valence-corrected chi connectivity index (χ0v) is 20.0. The highest BCUT2D eigenvalue weighted by atomic mass is 16.5. The molecule has 3 heterocycles. The van der Waals surface area contributed by atoms with E-state index in [9.17, 15) is 0 Å². The predicted molar refractivity (Wildman–Crippen MR) is 138 cm³/mol. The predicted octanol–water partition coefficient (Wildman–Crippen LogP) is 4.77. The van der Waals surface area contributed by atoms with Crippen LogP contribution in [0.1, 0.15) is 35.6 Å². The van der Waals surface area contributed by atoms with Crippen LogP contribution in [0.5, 0.6) is 0 Å². The van der Waals surface area contributed by atoms with E-state index in [1.165, 1.54) is 22.4 Å². The molecule has 2 N–H and O–H groups in total. The highest BCUT2D eigenvalue weighted by molar-refractivity contribution is 5.62. The van der Waals surface area contributed by atoms with Gasteiger partial charge < -0.3 is 20.1 Å². The Labute approximate surface area is 205 Å². The molecule has 6 rings (SSSR count). The van der Waals surface area contributed by atoms with Crippen molar-refractivity contribution >= 4 is 11.5 Å². The molecule has 0 saturated carbocycles. The number of aromatic nitrogens is 3. The number of hydrogen-bond acceptors (Lipinski definition) is 7. The average Bonchev–Trinajstić information content (AvgIpc) is 3.39. The lowest BCUT2D eigenvalue weighted by atomic mass is 9.87. The summed E-state index contributed by atoms with van der Waals surface area (Å²) in [6.45, 7) is 5.98. The van der Waals surface area contributed by atoms with Gasteiger partial charge in [-0.05, 0) is 79.3 Å². The average molecular weight is 467 g/mol. The van der Waals surface area contributed by atoms with E-state index < -0.39 is 0 Å². The number of aryl methyl sites for hydroxylation is 2. The lowest BCUT2D eigenvalue weighted by Gasteiger charge is -2.36. The zero-order valence-electron chi connectivity index (χ0n) is 20.0. The molecule has 2 aromatic heterocycles. The number of rotatable bonds is 4. The number of benzene rings is 2. The smallest absolute Gasteiger partial charge is 0.258 e. The zero-order chi connectivity index (χ0) is 23.8. The van der Waals surface area contributed by atoms with E-state index in [1.807, 2.05) is 24.4 Å². The summed E-state index contributed by atoms with van der Waals surface area (Å²) in [6, 6.07) is 19.2. The summed E-state index contributed by atoms with van der Waals surface area (Å²) in [5, 5.41) is 4.21. The molecule has 2 aromatic carbocycles. The lowest BCUT2D eigenvalue weighted by molar-refractivity contribution is 0.432. The first-order valence-electron chi connectivity index (χ1n) is 12.4. The van der Waals surface area contributed by atoms with Crippen molar-refractivity contribution in [1.82, 2.24) is 15.1 Å². The molecule has 1 saturated heterocycles. The Balaban J connectivity index is 1.13. The van der Waals surface area contributed by atoms with E-state index >= 15 is 0 Å². The van der Waals surface area contributed by atoms with Crippen LogP contribution in [0, 0.1) is 6.92 Å². The molecule has 0 bridgehead atoms. The van der Waals surface area contributed by atoms with Crippen LogP contribution in [-0.4, -0.2) is 41.3 Å². The second kappa shape index (κ2) is 9.15. The van der Waals surface area contributed by atoms with Crippen molar-refractivity contribution in [2.45, 2.75) is 32.2 Å². The van der Waals surface area contributed by atoms with Gasteiger partial charge in [0.1, 0.15) is 5.82 Å². The topological polar surface area (TPSA) is 84.3 Å². The molecule has 1 fully saturated rings. The highest BCUT2D eigenvalue weighted by Crippen LogP contribution is 2.32. The van der Waals surface area contributed by atoms with Crippen molar-refractivity contribution < 1.29 is 4.52 Å². The summed E-state index contributed by atoms with van der Waals surface area (Å²) >= 11 is 0. The molecule has 1 aliphatic heterocycles. The maximum absolute atomic E-state index is 6.26. The van der Waals surface area contributed by atoms with E-state index in [-0.39, 0.29) is 6.04 Å². The van der Waals surface area contributed by atoms with Crippen molar-refractivity contribution in [1.29, 1.82) is 0 Å².